The van der Waals surface area contributed by atoms with E-state index in [0.29, 0.717) is 4.57 Å². The Morgan fingerprint density at radius 3 is 2.41 bits per heavy atom. The molecule has 1 aliphatic heterocycles. The molecule has 19 heteroatoms. The number of hydrogen-bond acceptors (Lipinski definition) is 14. The highest BCUT2D eigenvalue weighted by Gasteiger charge is 2.54. The third kappa shape index (κ3) is 8.61. The van der Waals surface area contributed by atoms with E-state index in [0.717, 1.165) is 12.3 Å². The zero-order valence-electron chi connectivity index (χ0n) is 21.2. The van der Waals surface area contributed by atoms with Crippen molar-refractivity contribution in [3.63, 3.8) is 0 Å². The Hall–Kier alpha value is -1.76. The molecular weight excluding hydrogens is 590 g/mol. The van der Waals surface area contributed by atoms with Gasteiger partial charge in [-0.25, -0.2) is 13.8 Å². The number of halogens is 1. The fraction of sp³-hybridized carbons (Fsp3) is 0.700. The Morgan fingerprint density at radius 2 is 1.87 bits per heavy atom. The Bertz CT molecular complexity index is 1120. The average Bonchev–Trinajstić information content (AvgIpc) is 3.18. The summed E-state index contributed by atoms with van der Waals surface area (Å²) >= 11 is 0. The first-order chi connectivity index (χ1) is 18.5. The normalized spacial score (nSPS) is 22.8. The van der Waals surface area contributed by atoms with E-state index < -0.39 is 80.9 Å². The fourth-order valence-corrected chi connectivity index (χ4v) is 5.14. The molecule has 1 saturated heterocycles. The van der Waals surface area contributed by atoms with Crippen LogP contribution in [0.5, 0.6) is 0 Å². The first-order valence-corrected chi connectivity index (χ1v) is 15.6. The maximum absolute atomic E-state index is 15.3. The molecule has 1 aromatic rings. The molecule has 1 fully saturated rings. The average molecular weight is 621 g/mol. The van der Waals surface area contributed by atoms with E-state index in [1.807, 2.05) is 4.98 Å². The van der Waals surface area contributed by atoms with E-state index in [1.165, 1.54) is 35.4 Å². The molecule has 2 unspecified atom stereocenters. The van der Waals surface area contributed by atoms with Crippen LogP contribution >= 0.6 is 29.4 Å². The van der Waals surface area contributed by atoms with Gasteiger partial charge in [0.25, 0.3) is 5.56 Å². The highest BCUT2D eigenvalue weighted by Crippen LogP contribution is 2.50. The molecule has 222 valence electrons. The SMILES string of the molecule is CCOC(=O)C(COCSSC)(COP(=O)(O)OC1[C@@H](CO)O[C@@H](n2ccc(=O)[nH]c2=O)[C@H]1F)C(=O)OCC. The lowest BCUT2D eigenvalue weighted by Crippen LogP contribution is -2.49. The highest BCUT2D eigenvalue weighted by molar-refractivity contribution is 8.76. The number of nitrogens with one attached hydrogen (secondary N) is 1. The van der Waals surface area contributed by atoms with Crippen molar-refractivity contribution < 1.29 is 56.5 Å². The Labute approximate surface area is 229 Å². The van der Waals surface area contributed by atoms with Crippen molar-refractivity contribution in [3.8, 4) is 0 Å². The molecule has 15 nitrogen and oxygen atoms in total. The molecule has 5 atom stereocenters. The van der Waals surface area contributed by atoms with Crippen molar-refractivity contribution in [1.82, 2.24) is 9.55 Å². The van der Waals surface area contributed by atoms with Crippen LogP contribution in [0.15, 0.2) is 21.9 Å². The van der Waals surface area contributed by atoms with Crippen LogP contribution in [0.3, 0.4) is 0 Å². The second kappa shape index (κ2) is 15.3. The maximum atomic E-state index is 15.3. The summed E-state index contributed by atoms with van der Waals surface area (Å²) in [5.74, 6) is -2.28. The van der Waals surface area contributed by atoms with Crippen LogP contribution < -0.4 is 11.2 Å². The van der Waals surface area contributed by atoms with Gasteiger partial charge in [-0.05, 0) is 20.1 Å². The number of carbonyl (C=O) groups is 2. The molecule has 2 rings (SSSR count). The minimum absolute atomic E-state index is 0.0294. The van der Waals surface area contributed by atoms with Gasteiger partial charge >= 0.3 is 25.5 Å². The summed E-state index contributed by atoms with van der Waals surface area (Å²) < 4.78 is 59.3. The molecule has 1 aliphatic rings. The van der Waals surface area contributed by atoms with Gasteiger partial charge in [0.05, 0.1) is 33.0 Å². The number of aliphatic hydroxyl groups excluding tert-OH is 1. The summed E-state index contributed by atoms with van der Waals surface area (Å²) in [5, 5.41) is 9.62. The van der Waals surface area contributed by atoms with Gasteiger partial charge in [0, 0.05) is 12.3 Å². The number of aliphatic hydroxyl groups is 1. The number of rotatable bonds is 16. The van der Waals surface area contributed by atoms with Crippen LogP contribution in [0.4, 0.5) is 4.39 Å². The second-order valence-corrected chi connectivity index (χ2v) is 11.7. The largest absolute Gasteiger partial charge is 0.472 e. The number of ether oxygens (including phenoxy) is 4. The number of esters is 2. The lowest BCUT2D eigenvalue weighted by Gasteiger charge is -2.29. The third-order valence-electron chi connectivity index (χ3n) is 5.23. The van der Waals surface area contributed by atoms with Gasteiger partial charge in [-0.15, -0.1) is 0 Å². The van der Waals surface area contributed by atoms with E-state index >= 15 is 4.39 Å². The van der Waals surface area contributed by atoms with Crippen LogP contribution in [0.2, 0.25) is 0 Å². The smallest absolute Gasteiger partial charge is 0.465 e. The summed E-state index contributed by atoms with van der Waals surface area (Å²) in [7, 11) is -2.69. The lowest BCUT2D eigenvalue weighted by atomic mass is 9.90. The van der Waals surface area contributed by atoms with Crippen LogP contribution in [0, 0.1) is 5.41 Å². The molecule has 39 heavy (non-hydrogen) atoms. The zero-order valence-corrected chi connectivity index (χ0v) is 23.7. The second-order valence-electron chi connectivity index (χ2n) is 7.80. The first-order valence-electron chi connectivity index (χ1n) is 11.4. The van der Waals surface area contributed by atoms with E-state index in [4.69, 9.17) is 28.0 Å². The number of phosphoric ester groups is 1. The van der Waals surface area contributed by atoms with Crippen molar-refractivity contribution in [3.05, 3.63) is 33.1 Å². The standard InChI is InChI=1S/C20H30FN2O13PS2/c1-4-32-17(26)20(18(27)33-5-2,9-31-11-39-38-3)10-34-37(29,30)36-15-12(8-24)35-16(14(15)21)23-7-6-13(25)22-19(23)28/h6-7,12,14-16,24H,4-5,8-11H2,1-3H3,(H,29,30)(H,22,25,28)/t12-,14+,15?,16-/m1/s1. The van der Waals surface area contributed by atoms with Crippen LogP contribution in [-0.2, 0) is 42.1 Å². The number of alkyl halides is 1. The molecule has 3 N–H and O–H groups in total. The maximum Gasteiger partial charge on any atom is 0.472 e. The van der Waals surface area contributed by atoms with Crippen molar-refractivity contribution in [1.29, 1.82) is 0 Å². The van der Waals surface area contributed by atoms with Crippen molar-refractivity contribution in [2.75, 3.05) is 45.2 Å². The zero-order chi connectivity index (χ0) is 29.2. The van der Waals surface area contributed by atoms with E-state index in [1.54, 1.807) is 6.26 Å². The van der Waals surface area contributed by atoms with E-state index in [9.17, 15) is 33.7 Å². The first kappa shape index (κ1) is 33.4. The molecule has 0 bridgehead atoms. The van der Waals surface area contributed by atoms with Gasteiger partial charge in [-0.3, -0.25) is 33.0 Å². The summed E-state index contributed by atoms with van der Waals surface area (Å²) in [5.41, 5.74) is -4.13. The van der Waals surface area contributed by atoms with Gasteiger partial charge in [0.1, 0.15) is 18.1 Å². The van der Waals surface area contributed by atoms with Gasteiger partial charge in [0.2, 0.25) is 5.41 Å². The van der Waals surface area contributed by atoms with E-state index in [-0.39, 0.29) is 19.2 Å². The third-order valence-corrected chi connectivity index (χ3v) is 7.69. The minimum atomic E-state index is -5.28. The quantitative estimate of drug-likeness (QED) is 0.0571. The predicted molar refractivity (Wildman–Crippen MR) is 135 cm³/mol. The summed E-state index contributed by atoms with van der Waals surface area (Å²) in [6, 6.07) is 0.920. The number of hydrogen-bond donors (Lipinski definition) is 3. The van der Waals surface area contributed by atoms with Crippen molar-refractivity contribution in [2.45, 2.75) is 38.5 Å². The summed E-state index contributed by atoms with van der Waals surface area (Å²) in [6.45, 7) is -0.0127. The number of H-pyrrole nitrogens is 1. The molecule has 0 amide bonds. The Balaban J connectivity index is 2.27. The molecule has 0 aromatic carbocycles. The van der Waals surface area contributed by atoms with Crippen LogP contribution in [-0.4, -0.2) is 95.1 Å². The fourth-order valence-electron chi connectivity index (χ4n) is 3.39. The summed E-state index contributed by atoms with van der Waals surface area (Å²) in [4.78, 5) is 61.3. The van der Waals surface area contributed by atoms with Crippen LogP contribution in [0.1, 0.15) is 20.1 Å². The molecular formula is C20H30FN2O13PS2. The van der Waals surface area contributed by atoms with Gasteiger partial charge in [-0.1, -0.05) is 21.6 Å². The molecule has 1 aromatic heterocycles. The monoisotopic (exact) mass is 620 g/mol. The molecule has 0 spiro atoms. The topological polar surface area (TPSA) is 202 Å². The molecule has 2 heterocycles. The van der Waals surface area contributed by atoms with Gasteiger partial charge in [0.15, 0.2) is 12.4 Å². The number of aromatic amines is 1. The van der Waals surface area contributed by atoms with E-state index in [2.05, 4.69) is 0 Å². The van der Waals surface area contributed by atoms with Gasteiger partial charge in [-0.2, -0.15) is 0 Å². The highest BCUT2D eigenvalue weighted by atomic mass is 33.1. The molecule has 0 saturated carbocycles. The predicted octanol–water partition coefficient (Wildman–Crippen LogP) is 0.365. The lowest BCUT2D eigenvalue weighted by molar-refractivity contribution is -0.179. The Kier molecular flexibility index (Phi) is 13.1. The minimum Gasteiger partial charge on any atom is -0.465 e. The van der Waals surface area contributed by atoms with Crippen LogP contribution in [0.25, 0.3) is 0 Å². The number of carbonyl (C=O) groups excluding carboxylic acids is 2. The number of phosphoric acid groups is 1. The Morgan fingerprint density at radius 1 is 1.23 bits per heavy atom. The number of aromatic nitrogens is 2. The number of nitrogens with zero attached hydrogens (tertiary/aromatic N) is 1. The molecule has 0 aliphatic carbocycles. The summed E-state index contributed by atoms with van der Waals surface area (Å²) in [6.07, 6.45) is -4.82. The van der Waals surface area contributed by atoms with Gasteiger partial charge < -0.3 is 28.9 Å². The van der Waals surface area contributed by atoms with Crippen molar-refractivity contribution in [2.24, 2.45) is 5.41 Å². The molecule has 0 radical (unpaired) electrons. The van der Waals surface area contributed by atoms with Crippen molar-refractivity contribution >= 4 is 41.3 Å².